The number of aliphatic hydroxyl groups excluding tert-OH is 1. The Morgan fingerprint density at radius 1 is 1.25 bits per heavy atom. The number of ether oxygens (including phenoxy) is 2. The predicted octanol–water partition coefficient (Wildman–Crippen LogP) is 5.64. The van der Waals surface area contributed by atoms with Crippen molar-refractivity contribution in [2.24, 2.45) is 0 Å². The zero-order valence-corrected chi connectivity index (χ0v) is 20.4. The first-order valence-electron chi connectivity index (χ1n) is 10.5. The standard InChI is InChI=1S/C24H22ClF4N3O4/c1-11-9-30-23(35-4)12(2)21(11)32-22(34)15-7-17(26)14(8-20(15)36-13(3)24(27,28)29)18-6-5-16(25)19(10-33)31-18/h5-9,13,33H,10H2,1-4H3,(H,30,32,34). The molecule has 0 radical (unpaired) electrons. The van der Waals surface area contributed by atoms with Crippen LogP contribution in [0.3, 0.4) is 0 Å². The minimum atomic E-state index is -4.75. The molecule has 1 amide bonds. The van der Waals surface area contributed by atoms with Gasteiger partial charge in [0.15, 0.2) is 6.10 Å². The molecule has 12 heteroatoms. The number of nitrogens with one attached hydrogen (secondary N) is 1. The van der Waals surface area contributed by atoms with E-state index in [1.165, 1.54) is 25.4 Å². The minimum Gasteiger partial charge on any atom is -0.481 e. The molecular weight excluding hydrogens is 506 g/mol. The van der Waals surface area contributed by atoms with E-state index in [2.05, 4.69) is 15.3 Å². The summed E-state index contributed by atoms with van der Waals surface area (Å²) in [5, 5.41) is 12.1. The number of alkyl halides is 3. The van der Waals surface area contributed by atoms with Gasteiger partial charge in [0.1, 0.15) is 11.6 Å². The van der Waals surface area contributed by atoms with Gasteiger partial charge in [0.2, 0.25) is 5.88 Å². The van der Waals surface area contributed by atoms with E-state index in [1.807, 2.05) is 0 Å². The Morgan fingerprint density at radius 2 is 1.94 bits per heavy atom. The van der Waals surface area contributed by atoms with Crippen LogP contribution in [-0.4, -0.2) is 40.4 Å². The van der Waals surface area contributed by atoms with Gasteiger partial charge in [0.05, 0.1) is 41.4 Å². The molecule has 0 bridgehead atoms. The van der Waals surface area contributed by atoms with Crippen molar-refractivity contribution in [1.82, 2.24) is 9.97 Å². The molecule has 3 aromatic rings. The summed E-state index contributed by atoms with van der Waals surface area (Å²) in [7, 11) is 1.39. The Kier molecular flexibility index (Phi) is 8.05. The van der Waals surface area contributed by atoms with Crippen LogP contribution in [0.2, 0.25) is 5.02 Å². The largest absolute Gasteiger partial charge is 0.481 e. The number of halogens is 5. The Bertz CT molecular complexity index is 1300. The van der Waals surface area contributed by atoms with Gasteiger partial charge in [0, 0.05) is 17.3 Å². The fraction of sp³-hybridized carbons (Fsp3) is 0.292. The summed E-state index contributed by atoms with van der Waals surface area (Å²) in [5.74, 6) is -2.16. The number of nitrogens with zero attached hydrogens (tertiary/aromatic N) is 2. The van der Waals surface area contributed by atoms with Gasteiger partial charge in [-0.05, 0) is 50.6 Å². The molecule has 2 aromatic heterocycles. The molecule has 0 aliphatic rings. The number of aliphatic hydroxyl groups is 1. The zero-order valence-electron chi connectivity index (χ0n) is 19.6. The van der Waals surface area contributed by atoms with Crippen LogP contribution in [0.25, 0.3) is 11.3 Å². The molecule has 0 saturated carbocycles. The Labute approximate surface area is 209 Å². The van der Waals surface area contributed by atoms with Crippen molar-refractivity contribution < 1.29 is 36.9 Å². The maximum Gasteiger partial charge on any atom is 0.425 e. The number of hydrogen-bond donors (Lipinski definition) is 2. The number of hydrogen-bond acceptors (Lipinski definition) is 6. The lowest BCUT2D eigenvalue weighted by Gasteiger charge is -2.21. The van der Waals surface area contributed by atoms with Gasteiger partial charge < -0.3 is 19.9 Å². The number of rotatable bonds is 7. The minimum absolute atomic E-state index is 0.0250. The molecule has 36 heavy (non-hydrogen) atoms. The second kappa shape index (κ2) is 10.7. The highest BCUT2D eigenvalue weighted by molar-refractivity contribution is 6.31. The number of benzene rings is 1. The van der Waals surface area contributed by atoms with E-state index in [0.717, 1.165) is 19.1 Å². The van der Waals surface area contributed by atoms with Gasteiger partial charge in [-0.1, -0.05) is 11.6 Å². The van der Waals surface area contributed by atoms with Crippen molar-refractivity contribution in [3.8, 4) is 22.9 Å². The molecule has 2 N–H and O–H groups in total. The topological polar surface area (TPSA) is 93.6 Å². The maximum atomic E-state index is 15.2. The summed E-state index contributed by atoms with van der Waals surface area (Å²) >= 11 is 5.93. The van der Waals surface area contributed by atoms with Crippen LogP contribution >= 0.6 is 11.6 Å². The maximum absolute atomic E-state index is 15.2. The van der Waals surface area contributed by atoms with Crippen molar-refractivity contribution in [2.45, 2.75) is 39.7 Å². The third-order valence-electron chi connectivity index (χ3n) is 5.32. The van der Waals surface area contributed by atoms with E-state index < -0.39 is 41.9 Å². The Hall–Kier alpha value is -3.44. The summed E-state index contributed by atoms with van der Waals surface area (Å²) in [6, 6.07) is 4.40. The molecule has 2 heterocycles. The summed E-state index contributed by atoms with van der Waals surface area (Å²) in [5.41, 5.74) is 0.612. The smallest absolute Gasteiger partial charge is 0.425 e. The average molecular weight is 528 g/mol. The first-order valence-corrected chi connectivity index (χ1v) is 10.9. The predicted molar refractivity (Wildman–Crippen MR) is 125 cm³/mol. The second-order valence-electron chi connectivity index (χ2n) is 7.82. The van der Waals surface area contributed by atoms with Crippen LogP contribution in [0.15, 0.2) is 30.5 Å². The number of anilines is 1. The lowest BCUT2D eigenvalue weighted by Crippen LogP contribution is -2.32. The van der Waals surface area contributed by atoms with Gasteiger partial charge in [-0.25, -0.2) is 14.4 Å². The van der Waals surface area contributed by atoms with E-state index in [0.29, 0.717) is 16.8 Å². The zero-order chi connectivity index (χ0) is 26.8. The highest BCUT2D eigenvalue weighted by Gasteiger charge is 2.39. The van der Waals surface area contributed by atoms with E-state index >= 15 is 4.39 Å². The van der Waals surface area contributed by atoms with E-state index in [9.17, 15) is 23.1 Å². The van der Waals surface area contributed by atoms with Gasteiger partial charge in [-0.15, -0.1) is 0 Å². The Morgan fingerprint density at radius 3 is 2.56 bits per heavy atom. The number of aromatic nitrogens is 2. The van der Waals surface area contributed by atoms with Crippen LogP contribution in [-0.2, 0) is 6.61 Å². The van der Waals surface area contributed by atoms with Crippen LogP contribution in [0.4, 0.5) is 23.2 Å². The van der Waals surface area contributed by atoms with Crippen LogP contribution in [0.5, 0.6) is 11.6 Å². The summed E-state index contributed by atoms with van der Waals surface area (Å²) < 4.78 is 65.2. The molecule has 0 fully saturated rings. The van der Waals surface area contributed by atoms with E-state index in [4.69, 9.17) is 21.1 Å². The van der Waals surface area contributed by atoms with Crippen molar-refractivity contribution in [3.05, 3.63) is 63.7 Å². The number of aryl methyl sites for hydroxylation is 1. The number of methoxy groups -OCH3 is 1. The van der Waals surface area contributed by atoms with E-state index in [-0.39, 0.29) is 27.9 Å². The SMILES string of the molecule is COc1ncc(C)c(NC(=O)c2cc(F)c(-c3ccc(Cl)c(CO)n3)cc2OC(C)C(F)(F)F)c1C. The molecule has 0 aliphatic carbocycles. The van der Waals surface area contributed by atoms with Crippen molar-refractivity contribution in [2.75, 3.05) is 12.4 Å². The van der Waals surface area contributed by atoms with Crippen LogP contribution in [0, 0.1) is 19.7 Å². The van der Waals surface area contributed by atoms with E-state index in [1.54, 1.807) is 13.8 Å². The number of carbonyl (C=O) groups excluding carboxylic acids is 1. The van der Waals surface area contributed by atoms with Crippen LogP contribution in [0.1, 0.15) is 34.1 Å². The third kappa shape index (κ3) is 5.68. The van der Waals surface area contributed by atoms with Gasteiger partial charge in [-0.3, -0.25) is 4.79 Å². The number of amides is 1. The molecule has 192 valence electrons. The van der Waals surface area contributed by atoms with Gasteiger partial charge in [-0.2, -0.15) is 13.2 Å². The number of carbonyl (C=O) groups is 1. The molecule has 1 aromatic carbocycles. The lowest BCUT2D eigenvalue weighted by atomic mass is 10.0. The average Bonchev–Trinajstić information content (AvgIpc) is 2.82. The van der Waals surface area contributed by atoms with Crippen molar-refractivity contribution in [3.63, 3.8) is 0 Å². The molecule has 7 nitrogen and oxygen atoms in total. The monoisotopic (exact) mass is 527 g/mol. The first-order chi connectivity index (χ1) is 16.9. The molecule has 0 saturated heterocycles. The van der Waals surface area contributed by atoms with Gasteiger partial charge in [0.25, 0.3) is 5.91 Å². The highest BCUT2D eigenvalue weighted by Crippen LogP contribution is 2.35. The second-order valence-corrected chi connectivity index (χ2v) is 8.22. The number of pyridine rings is 2. The summed E-state index contributed by atoms with van der Waals surface area (Å²) in [4.78, 5) is 21.3. The van der Waals surface area contributed by atoms with Gasteiger partial charge >= 0.3 is 6.18 Å². The lowest BCUT2D eigenvalue weighted by molar-refractivity contribution is -0.189. The molecule has 1 atom stereocenters. The fourth-order valence-corrected chi connectivity index (χ4v) is 3.49. The van der Waals surface area contributed by atoms with Crippen molar-refractivity contribution in [1.29, 1.82) is 0 Å². The first kappa shape index (κ1) is 27.2. The summed E-state index contributed by atoms with van der Waals surface area (Å²) in [6.45, 7) is 3.51. The third-order valence-corrected chi connectivity index (χ3v) is 5.66. The molecule has 1 unspecified atom stereocenters. The Balaban J connectivity index is 2.12. The normalized spacial score (nSPS) is 12.3. The summed E-state index contributed by atoms with van der Waals surface area (Å²) in [6.07, 6.45) is -5.62. The fourth-order valence-electron chi connectivity index (χ4n) is 3.33. The van der Waals surface area contributed by atoms with Crippen LogP contribution < -0.4 is 14.8 Å². The molecule has 0 spiro atoms. The quantitative estimate of drug-likeness (QED) is 0.386. The molecule has 3 rings (SSSR count). The molecular formula is C24H22ClF4N3O4. The highest BCUT2D eigenvalue weighted by atomic mass is 35.5. The van der Waals surface area contributed by atoms with Crippen molar-refractivity contribution >= 4 is 23.2 Å². The molecule has 0 aliphatic heterocycles.